The van der Waals surface area contributed by atoms with Crippen LogP contribution in [-0.2, 0) is 6.54 Å². The van der Waals surface area contributed by atoms with Gasteiger partial charge in [0, 0.05) is 11.4 Å². The molecule has 0 bridgehead atoms. The van der Waals surface area contributed by atoms with Gasteiger partial charge in [-0.15, -0.1) is 11.3 Å². The molecular weight excluding hydrogens is 142 g/mol. The Balaban J connectivity index is 0.000000371. The zero-order valence-corrected chi connectivity index (χ0v) is 7.66. The predicted molar refractivity (Wildman–Crippen MR) is 48.3 cm³/mol. The standard InChI is InChI=1S/C6H9NS.C2H6/c1-5-2-6(3-7)8-4-5;1-2/h2,4H,3,7H2,1H3;1-2H3. The Morgan fingerprint density at radius 1 is 1.50 bits per heavy atom. The predicted octanol–water partition coefficient (Wildman–Crippen LogP) is 2.54. The van der Waals surface area contributed by atoms with Crippen molar-refractivity contribution in [1.29, 1.82) is 0 Å². The SMILES string of the molecule is CC.Cc1csc(CN)c1. The molecule has 10 heavy (non-hydrogen) atoms. The van der Waals surface area contributed by atoms with Crippen LogP contribution in [-0.4, -0.2) is 0 Å². The summed E-state index contributed by atoms with van der Waals surface area (Å²) in [7, 11) is 0. The second-order valence-electron chi connectivity index (χ2n) is 1.79. The van der Waals surface area contributed by atoms with Gasteiger partial charge in [0.15, 0.2) is 0 Å². The number of thiophene rings is 1. The average Bonchev–Trinajstić information content (AvgIpc) is 2.40. The van der Waals surface area contributed by atoms with E-state index in [4.69, 9.17) is 5.73 Å². The highest BCUT2D eigenvalue weighted by atomic mass is 32.1. The largest absolute Gasteiger partial charge is 0.326 e. The zero-order valence-electron chi connectivity index (χ0n) is 6.85. The van der Waals surface area contributed by atoms with Gasteiger partial charge in [-0.1, -0.05) is 13.8 Å². The molecule has 0 radical (unpaired) electrons. The Bertz CT molecular complexity index is 170. The molecule has 0 saturated heterocycles. The van der Waals surface area contributed by atoms with Crippen LogP contribution in [0.4, 0.5) is 0 Å². The first-order valence-corrected chi connectivity index (χ1v) is 4.45. The zero-order chi connectivity index (χ0) is 7.98. The van der Waals surface area contributed by atoms with Crippen LogP contribution in [0.15, 0.2) is 11.4 Å². The lowest BCUT2D eigenvalue weighted by Gasteiger charge is -1.80. The van der Waals surface area contributed by atoms with E-state index in [0.29, 0.717) is 6.54 Å². The molecule has 0 aliphatic rings. The van der Waals surface area contributed by atoms with E-state index in [-0.39, 0.29) is 0 Å². The number of hydrogen-bond donors (Lipinski definition) is 1. The maximum absolute atomic E-state index is 5.37. The average molecular weight is 157 g/mol. The Morgan fingerprint density at radius 2 is 2.10 bits per heavy atom. The first-order valence-electron chi connectivity index (χ1n) is 3.57. The summed E-state index contributed by atoms with van der Waals surface area (Å²) in [5.74, 6) is 0. The maximum Gasteiger partial charge on any atom is 0.0273 e. The minimum atomic E-state index is 0.679. The van der Waals surface area contributed by atoms with Gasteiger partial charge in [-0.3, -0.25) is 0 Å². The van der Waals surface area contributed by atoms with E-state index in [0.717, 1.165) is 0 Å². The van der Waals surface area contributed by atoms with Crippen molar-refractivity contribution >= 4 is 11.3 Å². The highest BCUT2D eigenvalue weighted by Crippen LogP contribution is 2.11. The fourth-order valence-electron chi connectivity index (χ4n) is 0.598. The summed E-state index contributed by atoms with van der Waals surface area (Å²) >= 11 is 1.72. The third-order valence-electron chi connectivity index (χ3n) is 0.986. The normalized spacial score (nSPS) is 8.40. The van der Waals surface area contributed by atoms with E-state index in [2.05, 4.69) is 18.4 Å². The van der Waals surface area contributed by atoms with Crippen molar-refractivity contribution in [3.63, 3.8) is 0 Å². The van der Waals surface area contributed by atoms with Crippen molar-refractivity contribution in [3.8, 4) is 0 Å². The maximum atomic E-state index is 5.37. The Kier molecular flexibility index (Phi) is 5.26. The molecule has 1 aromatic rings. The Labute approximate surface area is 66.9 Å². The summed E-state index contributed by atoms with van der Waals surface area (Å²) in [5, 5.41) is 2.11. The van der Waals surface area contributed by atoms with Crippen LogP contribution in [0.1, 0.15) is 24.3 Å². The molecule has 0 spiro atoms. The van der Waals surface area contributed by atoms with E-state index < -0.39 is 0 Å². The molecule has 2 heteroatoms. The summed E-state index contributed by atoms with van der Waals surface area (Å²) in [5.41, 5.74) is 6.69. The van der Waals surface area contributed by atoms with Crippen LogP contribution in [0, 0.1) is 6.92 Å². The van der Waals surface area contributed by atoms with Gasteiger partial charge in [0.05, 0.1) is 0 Å². The second kappa shape index (κ2) is 5.45. The minimum absolute atomic E-state index is 0.679. The molecular formula is C8H15NS. The van der Waals surface area contributed by atoms with Crippen LogP contribution in [0.25, 0.3) is 0 Å². The highest BCUT2D eigenvalue weighted by Gasteiger charge is 1.89. The van der Waals surface area contributed by atoms with E-state index in [1.807, 2.05) is 13.8 Å². The first-order chi connectivity index (χ1) is 4.83. The van der Waals surface area contributed by atoms with Gasteiger partial charge in [0.2, 0.25) is 0 Å². The Hall–Kier alpha value is -0.340. The molecule has 1 aromatic heterocycles. The van der Waals surface area contributed by atoms with Gasteiger partial charge in [0.1, 0.15) is 0 Å². The second-order valence-corrected chi connectivity index (χ2v) is 2.79. The molecule has 1 heterocycles. The molecule has 1 nitrogen and oxygen atoms in total. The van der Waals surface area contributed by atoms with Gasteiger partial charge in [-0.05, 0) is 23.9 Å². The first kappa shape index (κ1) is 9.66. The van der Waals surface area contributed by atoms with Crippen LogP contribution in [0.5, 0.6) is 0 Å². The van der Waals surface area contributed by atoms with Crippen LogP contribution < -0.4 is 5.73 Å². The fourth-order valence-corrected chi connectivity index (χ4v) is 1.35. The van der Waals surface area contributed by atoms with Crippen molar-refractivity contribution in [2.24, 2.45) is 5.73 Å². The lowest BCUT2D eigenvalue weighted by Crippen LogP contribution is -1.91. The van der Waals surface area contributed by atoms with E-state index in [1.54, 1.807) is 11.3 Å². The van der Waals surface area contributed by atoms with Crippen LogP contribution in [0.3, 0.4) is 0 Å². The molecule has 0 aliphatic carbocycles. The van der Waals surface area contributed by atoms with Crippen molar-refractivity contribution in [2.45, 2.75) is 27.3 Å². The van der Waals surface area contributed by atoms with Crippen molar-refractivity contribution < 1.29 is 0 Å². The molecule has 0 fully saturated rings. The number of aryl methyl sites for hydroxylation is 1. The molecule has 0 saturated carbocycles. The number of rotatable bonds is 1. The van der Waals surface area contributed by atoms with Crippen molar-refractivity contribution in [2.75, 3.05) is 0 Å². The molecule has 0 amide bonds. The highest BCUT2D eigenvalue weighted by molar-refractivity contribution is 7.10. The van der Waals surface area contributed by atoms with Crippen molar-refractivity contribution in [3.05, 3.63) is 21.9 Å². The summed E-state index contributed by atoms with van der Waals surface area (Å²) in [6, 6.07) is 2.12. The smallest absolute Gasteiger partial charge is 0.0273 e. The summed E-state index contributed by atoms with van der Waals surface area (Å²) < 4.78 is 0. The quantitative estimate of drug-likeness (QED) is 0.666. The van der Waals surface area contributed by atoms with Gasteiger partial charge in [-0.2, -0.15) is 0 Å². The molecule has 0 unspecified atom stereocenters. The van der Waals surface area contributed by atoms with Crippen LogP contribution in [0.2, 0.25) is 0 Å². The van der Waals surface area contributed by atoms with E-state index in [9.17, 15) is 0 Å². The third kappa shape index (κ3) is 2.99. The molecule has 58 valence electrons. The summed E-state index contributed by atoms with van der Waals surface area (Å²) in [6.45, 7) is 6.76. The molecule has 0 aromatic carbocycles. The minimum Gasteiger partial charge on any atom is -0.326 e. The topological polar surface area (TPSA) is 26.0 Å². The monoisotopic (exact) mass is 157 g/mol. The molecule has 2 N–H and O–H groups in total. The lowest BCUT2D eigenvalue weighted by atomic mass is 10.3. The summed E-state index contributed by atoms with van der Waals surface area (Å²) in [6.07, 6.45) is 0. The van der Waals surface area contributed by atoms with Gasteiger partial charge in [0.25, 0.3) is 0 Å². The summed E-state index contributed by atoms with van der Waals surface area (Å²) in [4.78, 5) is 1.27. The molecule has 0 aliphatic heterocycles. The lowest BCUT2D eigenvalue weighted by molar-refractivity contribution is 1.10. The number of hydrogen-bond acceptors (Lipinski definition) is 2. The van der Waals surface area contributed by atoms with Gasteiger partial charge >= 0.3 is 0 Å². The van der Waals surface area contributed by atoms with Crippen molar-refractivity contribution in [1.82, 2.24) is 0 Å². The van der Waals surface area contributed by atoms with Gasteiger partial charge in [-0.25, -0.2) is 0 Å². The van der Waals surface area contributed by atoms with E-state index >= 15 is 0 Å². The molecule has 0 atom stereocenters. The third-order valence-corrected chi connectivity index (χ3v) is 2.06. The number of nitrogens with two attached hydrogens (primary N) is 1. The van der Waals surface area contributed by atoms with E-state index in [1.165, 1.54) is 10.4 Å². The van der Waals surface area contributed by atoms with Crippen LogP contribution >= 0.6 is 11.3 Å². The Morgan fingerprint density at radius 3 is 2.30 bits per heavy atom. The molecule has 1 rings (SSSR count). The fraction of sp³-hybridized carbons (Fsp3) is 0.500. The van der Waals surface area contributed by atoms with Gasteiger partial charge < -0.3 is 5.73 Å².